The Kier molecular flexibility index (Phi) is 6.21. The van der Waals surface area contributed by atoms with E-state index in [4.69, 9.17) is 10.5 Å². The molecule has 3 nitrogen and oxygen atoms in total. The lowest BCUT2D eigenvalue weighted by molar-refractivity contribution is -0.153. The monoisotopic (exact) mass is 245 g/mol. The molecule has 94 valence electrons. The predicted octanol–water partition coefficient (Wildman–Crippen LogP) is 2.15. The van der Waals surface area contributed by atoms with Gasteiger partial charge in [-0.25, -0.2) is 0 Å². The molecule has 0 saturated heterocycles. The molecule has 0 amide bonds. The van der Waals surface area contributed by atoms with E-state index in [1.54, 1.807) is 0 Å². The van der Waals surface area contributed by atoms with Gasteiger partial charge < -0.3 is 10.5 Å². The molecule has 1 fully saturated rings. The number of carbonyl (C=O) groups is 1. The average molecular weight is 245 g/mol. The summed E-state index contributed by atoms with van der Waals surface area (Å²) in [4.78, 5) is 11.6. The molecule has 1 rings (SSSR count). The van der Waals surface area contributed by atoms with Gasteiger partial charge in [0.25, 0.3) is 0 Å². The van der Waals surface area contributed by atoms with E-state index in [0.717, 1.165) is 19.3 Å². The lowest BCUT2D eigenvalue weighted by Crippen LogP contribution is -2.36. The zero-order valence-electron chi connectivity index (χ0n) is 10.0. The first-order valence-electron chi connectivity index (χ1n) is 6.24. The maximum Gasteiger partial charge on any atom is 0.323 e. The summed E-state index contributed by atoms with van der Waals surface area (Å²) in [6, 6.07) is -0.500. The quantitative estimate of drug-likeness (QED) is 0.576. The zero-order valence-corrected chi connectivity index (χ0v) is 10.9. The van der Waals surface area contributed by atoms with Crippen LogP contribution >= 0.6 is 12.6 Å². The highest BCUT2D eigenvalue weighted by molar-refractivity contribution is 7.80. The molecule has 0 aromatic carbocycles. The molecular formula is C12H23NO2S. The molecule has 16 heavy (non-hydrogen) atoms. The molecule has 0 aliphatic heterocycles. The molecule has 3 atom stereocenters. The largest absolute Gasteiger partial charge is 0.461 e. The van der Waals surface area contributed by atoms with Gasteiger partial charge in [0, 0.05) is 0 Å². The summed E-state index contributed by atoms with van der Waals surface area (Å²) in [5.74, 6) is 1.09. The van der Waals surface area contributed by atoms with Crippen LogP contribution in [0.4, 0.5) is 0 Å². The van der Waals surface area contributed by atoms with E-state index in [1.165, 1.54) is 12.8 Å². The number of hydrogen-bond acceptors (Lipinski definition) is 4. The van der Waals surface area contributed by atoms with Crippen LogP contribution < -0.4 is 5.73 Å². The second-order valence-electron chi connectivity index (χ2n) is 4.62. The minimum absolute atomic E-state index is 0.0946. The fraction of sp³-hybridized carbons (Fsp3) is 0.917. The first-order chi connectivity index (χ1) is 7.67. The van der Waals surface area contributed by atoms with Crippen LogP contribution in [0.1, 0.15) is 45.4 Å². The molecule has 1 aliphatic rings. The van der Waals surface area contributed by atoms with Crippen molar-refractivity contribution < 1.29 is 9.53 Å². The van der Waals surface area contributed by atoms with Crippen LogP contribution in [-0.2, 0) is 9.53 Å². The van der Waals surface area contributed by atoms with Crippen LogP contribution in [0.15, 0.2) is 0 Å². The maximum absolute atomic E-state index is 11.6. The standard InChI is InChI=1S/C12H23NO2S/c1-2-9-4-3-5-10(8-9)15-12(14)11(13)6-7-16/h9-11,16H,2-8,13H2,1H3. The molecule has 0 radical (unpaired) electrons. The van der Waals surface area contributed by atoms with E-state index in [0.29, 0.717) is 18.1 Å². The van der Waals surface area contributed by atoms with Gasteiger partial charge in [-0.3, -0.25) is 4.79 Å². The predicted molar refractivity (Wildman–Crippen MR) is 68.6 cm³/mol. The van der Waals surface area contributed by atoms with Crippen LogP contribution in [0.2, 0.25) is 0 Å². The fourth-order valence-electron chi connectivity index (χ4n) is 2.23. The van der Waals surface area contributed by atoms with Crippen LogP contribution in [0.25, 0.3) is 0 Å². The molecule has 0 spiro atoms. The smallest absolute Gasteiger partial charge is 0.323 e. The number of thiol groups is 1. The van der Waals surface area contributed by atoms with Gasteiger partial charge in [0.05, 0.1) is 0 Å². The van der Waals surface area contributed by atoms with E-state index in [1.807, 2.05) is 0 Å². The van der Waals surface area contributed by atoms with Crippen molar-refractivity contribution in [2.75, 3.05) is 5.75 Å². The number of rotatable bonds is 5. The lowest BCUT2D eigenvalue weighted by Gasteiger charge is -2.28. The van der Waals surface area contributed by atoms with Gasteiger partial charge >= 0.3 is 5.97 Å². The first-order valence-corrected chi connectivity index (χ1v) is 6.87. The molecular weight excluding hydrogens is 222 g/mol. The Balaban J connectivity index is 2.32. The molecule has 0 heterocycles. The summed E-state index contributed by atoms with van der Waals surface area (Å²) in [7, 11) is 0. The molecule has 0 aromatic rings. The third-order valence-corrected chi connectivity index (χ3v) is 3.60. The van der Waals surface area contributed by atoms with Crippen LogP contribution in [-0.4, -0.2) is 23.9 Å². The van der Waals surface area contributed by atoms with Crippen molar-refractivity contribution in [3.63, 3.8) is 0 Å². The Bertz CT molecular complexity index is 223. The molecule has 0 aromatic heterocycles. The third-order valence-electron chi connectivity index (χ3n) is 3.34. The van der Waals surface area contributed by atoms with Crippen molar-refractivity contribution >= 4 is 18.6 Å². The van der Waals surface area contributed by atoms with Gasteiger partial charge in [-0.1, -0.05) is 19.8 Å². The summed E-state index contributed by atoms with van der Waals surface area (Å²) < 4.78 is 5.44. The van der Waals surface area contributed by atoms with Gasteiger partial charge in [0.2, 0.25) is 0 Å². The van der Waals surface area contributed by atoms with Crippen LogP contribution in [0.3, 0.4) is 0 Å². The van der Waals surface area contributed by atoms with E-state index >= 15 is 0 Å². The molecule has 3 unspecified atom stereocenters. The van der Waals surface area contributed by atoms with E-state index in [9.17, 15) is 4.79 Å². The van der Waals surface area contributed by atoms with E-state index < -0.39 is 6.04 Å². The number of hydrogen-bond donors (Lipinski definition) is 2. The van der Waals surface area contributed by atoms with Gasteiger partial charge in [-0.05, 0) is 37.4 Å². The molecule has 1 aliphatic carbocycles. The van der Waals surface area contributed by atoms with E-state index in [-0.39, 0.29) is 12.1 Å². The van der Waals surface area contributed by atoms with Gasteiger partial charge in [-0.15, -0.1) is 0 Å². The van der Waals surface area contributed by atoms with Crippen molar-refractivity contribution in [1.29, 1.82) is 0 Å². The summed E-state index contributed by atoms with van der Waals surface area (Å²) >= 11 is 4.06. The van der Waals surface area contributed by atoms with Crippen molar-refractivity contribution in [2.45, 2.75) is 57.6 Å². The average Bonchev–Trinajstić information content (AvgIpc) is 2.29. The SMILES string of the molecule is CCC1CCCC(OC(=O)C(N)CCS)C1. The van der Waals surface area contributed by atoms with Crippen molar-refractivity contribution in [1.82, 2.24) is 0 Å². The topological polar surface area (TPSA) is 52.3 Å². The highest BCUT2D eigenvalue weighted by Gasteiger charge is 2.25. The fourth-order valence-corrected chi connectivity index (χ4v) is 2.51. The summed E-state index contributed by atoms with van der Waals surface area (Å²) in [5, 5.41) is 0. The number of carbonyl (C=O) groups excluding carboxylic acids is 1. The second-order valence-corrected chi connectivity index (χ2v) is 5.07. The number of esters is 1. The summed E-state index contributed by atoms with van der Waals surface area (Å²) in [6.07, 6.45) is 6.30. The normalized spacial score (nSPS) is 27.4. The maximum atomic E-state index is 11.6. The Morgan fingerprint density at radius 2 is 2.31 bits per heavy atom. The van der Waals surface area contributed by atoms with Crippen LogP contribution in [0, 0.1) is 5.92 Å². The summed E-state index contributed by atoms with van der Waals surface area (Å²) in [5.41, 5.74) is 5.69. The Labute approximate surface area is 104 Å². The second kappa shape index (κ2) is 7.17. The Hall–Kier alpha value is -0.220. The molecule has 1 saturated carbocycles. The van der Waals surface area contributed by atoms with Crippen LogP contribution in [0.5, 0.6) is 0 Å². The minimum atomic E-state index is -0.500. The molecule has 2 N–H and O–H groups in total. The highest BCUT2D eigenvalue weighted by Crippen LogP contribution is 2.28. The van der Waals surface area contributed by atoms with Crippen molar-refractivity contribution in [3.8, 4) is 0 Å². The summed E-state index contributed by atoms with van der Waals surface area (Å²) in [6.45, 7) is 2.20. The van der Waals surface area contributed by atoms with Gasteiger partial charge in [0.1, 0.15) is 12.1 Å². The Morgan fingerprint density at radius 3 is 2.94 bits per heavy atom. The minimum Gasteiger partial charge on any atom is -0.461 e. The third kappa shape index (κ3) is 4.34. The molecule has 0 bridgehead atoms. The van der Waals surface area contributed by atoms with E-state index in [2.05, 4.69) is 19.6 Å². The highest BCUT2D eigenvalue weighted by atomic mass is 32.1. The van der Waals surface area contributed by atoms with Gasteiger partial charge in [-0.2, -0.15) is 12.6 Å². The molecule has 4 heteroatoms. The zero-order chi connectivity index (χ0) is 12.0. The van der Waals surface area contributed by atoms with Crippen molar-refractivity contribution in [3.05, 3.63) is 0 Å². The van der Waals surface area contributed by atoms with Gasteiger partial charge in [0.15, 0.2) is 0 Å². The first kappa shape index (κ1) is 13.8. The number of ether oxygens (including phenoxy) is 1. The Morgan fingerprint density at radius 1 is 1.56 bits per heavy atom. The number of nitrogens with two attached hydrogens (primary N) is 1. The van der Waals surface area contributed by atoms with Crippen molar-refractivity contribution in [2.24, 2.45) is 11.7 Å². The lowest BCUT2D eigenvalue weighted by atomic mass is 9.85.